The molecule has 3 unspecified atom stereocenters. The molecule has 1 aliphatic rings. The van der Waals surface area contributed by atoms with Gasteiger partial charge in [-0.2, -0.15) is 17.4 Å². The van der Waals surface area contributed by atoms with Gasteiger partial charge in [-0.25, -0.2) is 0 Å². The van der Waals surface area contributed by atoms with Gasteiger partial charge >= 0.3 is 0 Å². The Kier molecular flexibility index (Phi) is 6.73. The molecule has 0 aromatic carbocycles. The number of hydrogen-bond acceptors (Lipinski definition) is 3. The van der Waals surface area contributed by atoms with Crippen molar-refractivity contribution in [1.82, 2.24) is 14.3 Å². The first kappa shape index (κ1) is 16.9. The van der Waals surface area contributed by atoms with Gasteiger partial charge in [0.1, 0.15) is 0 Å². The summed E-state index contributed by atoms with van der Waals surface area (Å²) < 4.78 is 28.7. The second-order valence-corrected chi connectivity index (χ2v) is 7.42. The predicted octanol–water partition coefficient (Wildman–Crippen LogP) is 1.19. The molecule has 0 heterocycles. The molecule has 1 saturated carbocycles. The Balaban J connectivity index is 2.50. The summed E-state index contributed by atoms with van der Waals surface area (Å²) in [5.74, 6) is 1.09. The van der Waals surface area contributed by atoms with E-state index in [2.05, 4.69) is 23.9 Å². The number of nitrogens with zero attached hydrogens (tertiary/aromatic N) is 1. The van der Waals surface area contributed by atoms with Gasteiger partial charge in [0.2, 0.25) is 0 Å². The first-order valence-electron chi connectivity index (χ1n) is 7.30. The molecular formula is C13H29N3O2S. The zero-order valence-electron chi connectivity index (χ0n) is 12.6. The summed E-state index contributed by atoms with van der Waals surface area (Å²) in [5.41, 5.74) is 0. The fraction of sp³-hybridized carbons (Fsp3) is 1.00. The minimum absolute atomic E-state index is 0.0988. The Morgan fingerprint density at radius 3 is 2.53 bits per heavy atom. The van der Waals surface area contributed by atoms with Crippen molar-refractivity contribution in [2.45, 2.75) is 45.6 Å². The smallest absolute Gasteiger partial charge is 0.279 e. The van der Waals surface area contributed by atoms with Crippen LogP contribution in [-0.4, -0.2) is 45.9 Å². The Morgan fingerprint density at radius 1 is 1.32 bits per heavy atom. The van der Waals surface area contributed by atoms with Crippen LogP contribution in [0.2, 0.25) is 0 Å². The Labute approximate surface area is 118 Å². The van der Waals surface area contributed by atoms with Crippen molar-refractivity contribution in [3.05, 3.63) is 0 Å². The third kappa shape index (κ3) is 4.70. The number of rotatable bonds is 8. The molecule has 0 bridgehead atoms. The van der Waals surface area contributed by atoms with E-state index in [0.717, 1.165) is 32.2 Å². The third-order valence-corrected chi connectivity index (χ3v) is 5.97. The van der Waals surface area contributed by atoms with Crippen LogP contribution in [0.3, 0.4) is 0 Å². The molecule has 0 amide bonds. The highest BCUT2D eigenvalue weighted by molar-refractivity contribution is 7.87. The molecule has 2 N–H and O–H groups in total. The predicted molar refractivity (Wildman–Crippen MR) is 79.2 cm³/mol. The molecule has 0 aromatic heterocycles. The van der Waals surface area contributed by atoms with E-state index < -0.39 is 10.2 Å². The van der Waals surface area contributed by atoms with Crippen molar-refractivity contribution in [3.8, 4) is 0 Å². The fourth-order valence-electron chi connectivity index (χ4n) is 2.87. The van der Waals surface area contributed by atoms with Crippen LogP contribution in [0.4, 0.5) is 0 Å². The van der Waals surface area contributed by atoms with E-state index in [1.165, 1.54) is 4.31 Å². The van der Waals surface area contributed by atoms with Gasteiger partial charge in [0.05, 0.1) is 0 Å². The molecule has 0 aromatic rings. The van der Waals surface area contributed by atoms with Crippen LogP contribution in [-0.2, 0) is 10.2 Å². The fourth-order valence-corrected chi connectivity index (χ4v) is 4.13. The summed E-state index contributed by atoms with van der Waals surface area (Å²) in [6.45, 7) is 5.73. The largest absolute Gasteiger partial charge is 0.320 e. The van der Waals surface area contributed by atoms with Gasteiger partial charge in [-0.3, -0.25) is 0 Å². The molecule has 1 fully saturated rings. The molecule has 6 heteroatoms. The zero-order chi connectivity index (χ0) is 14.5. The Morgan fingerprint density at radius 2 is 2.00 bits per heavy atom. The van der Waals surface area contributed by atoms with Crippen molar-refractivity contribution in [2.75, 3.05) is 27.2 Å². The summed E-state index contributed by atoms with van der Waals surface area (Å²) in [7, 11) is 0.187. The Bertz CT molecular complexity index is 359. The summed E-state index contributed by atoms with van der Waals surface area (Å²) in [6, 6.07) is 0.0988. The molecule has 114 valence electrons. The van der Waals surface area contributed by atoms with Gasteiger partial charge in [0.25, 0.3) is 10.2 Å². The van der Waals surface area contributed by atoms with Gasteiger partial charge in [-0.05, 0) is 44.7 Å². The standard InChI is InChI=1S/C13H29N3O2S/c1-5-12-7-8-13(11(12)2)15-19(17,18)16(4)10-6-9-14-3/h11-15H,5-10H2,1-4H3. The number of nitrogens with one attached hydrogen (secondary N) is 2. The maximum absolute atomic E-state index is 12.2. The topological polar surface area (TPSA) is 61.4 Å². The molecule has 0 radical (unpaired) electrons. The molecule has 0 saturated heterocycles. The molecule has 19 heavy (non-hydrogen) atoms. The van der Waals surface area contributed by atoms with Crippen LogP contribution < -0.4 is 10.0 Å². The lowest BCUT2D eigenvalue weighted by molar-refractivity contribution is 0.360. The lowest BCUT2D eigenvalue weighted by atomic mass is 9.94. The zero-order valence-corrected chi connectivity index (χ0v) is 13.5. The first-order chi connectivity index (χ1) is 8.92. The van der Waals surface area contributed by atoms with E-state index in [9.17, 15) is 8.42 Å². The molecule has 1 aliphatic carbocycles. The van der Waals surface area contributed by atoms with Crippen LogP contribution in [0.25, 0.3) is 0 Å². The van der Waals surface area contributed by atoms with E-state index in [0.29, 0.717) is 18.4 Å². The second-order valence-electron chi connectivity index (χ2n) is 5.61. The molecule has 0 aliphatic heterocycles. The quantitative estimate of drug-likeness (QED) is 0.660. The number of hydrogen-bond donors (Lipinski definition) is 2. The highest BCUT2D eigenvalue weighted by Gasteiger charge is 2.34. The SMILES string of the molecule is CCC1CCC(NS(=O)(=O)N(C)CCCNC)C1C. The molecular weight excluding hydrogens is 262 g/mol. The monoisotopic (exact) mass is 291 g/mol. The average molecular weight is 291 g/mol. The van der Waals surface area contributed by atoms with Crippen LogP contribution >= 0.6 is 0 Å². The summed E-state index contributed by atoms with van der Waals surface area (Å²) in [6.07, 6.45) is 4.06. The van der Waals surface area contributed by atoms with E-state index in [1.807, 2.05) is 7.05 Å². The van der Waals surface area contributed by atoms with Crippen molar-refractivity contribution in [1.29, 1.82) is 0 Å². The van der Waals surface area contributed by atoms with Gasteiger partial charge in [-0.15, -0.1) is 0 Å². The minimum atomic E-state index is -3.33. The summed E-state index contributed by atoms with van der Waals surface area (Å²) in [5, 5.41) is 3.03. The third-order valence-electron chi connectivity index (χ3n) is 4.36. The maximum Gasteiger partial charge on any atom is 0.279 e. The van der Waals surface area contributed by atoms with Crippen molar-refractivity contribution >= 4 is 10.2 Å². The first-order valence-corrected chi connectivity index (χ1v) is 8.74. The normalized spacial score (nSPS) is 28.2. The maximum atomic E-state index is 12.2. The van der Waals surface area contributed by atoms with Crippen LogP contribution in [0, 0.1) is 11.8 Å². The van der Waals surface area contributed by atoms with Crippen LogP contribution in [0.1, 0.15) is 39.5 Å². The summed E-state index contributed by atoms with van der Waals surface area (Å²) in [4.78, 5) is 0. The van der Waals surface area contributed by atoms with Gasteiger partial charge in [-0.1, -0.05) is 20.3 Å². The van der Waals surface area contributed by atoms with Gasteiger partial charge < -0.3 is 5.32 Å². The lowest BCUT2D eigenvalue weighted by Crippen LogP contribution is -2.45. The summed E-state index contributed by atoms with van der Waals surface area (Å²) >= 11 is 0. The van der Waals surface area contributed by atoms with Crippen LogP contribution in [0.15, 0.2) is 0 Å². The molecule has 0 spiro atoms. The van der Waals surface area contributed by atoms with E-state index in [-0.39, 0.29) is 6.04 Å². The van der Waals surface area contributed by atoms with Gasteiger partial charge in [0.15, 0.2) is 0 Å². The van der Waals surface area contributed by atoms with Crippen molar-refractivity contribution in [2.24, 2.45) is 11.8 Å². The van der Waals surface area contributed by atoms with E-state index in [4.69, 9.17) is 0 Å². The van der Waals surface area contributed by atoms with Crippen molar-refractivity contribution < 1.29 is 8.42 Å². The average Bonchev–Trinajstić information content (AvgIpc) is 2.70. The lowest BCUT2D eigenvalue weighted by Gasteiger charge is -2.24. The Hall–Kier alpha value is -0.170. The highest BCUT2D eigenvalue weighted by atomic mass is 32.2. The van der Waals surface area contributed by atoms with Crippen molar-refractivity contribution in [3.63, 3.8) is 0 Å². The van der Waals surface area contributed by atoms with Crippen LogP contribution in [0.5, 0.6) is 0 Å². The molecule has 3 atom stereocenters. The molecule has 1 rings (SSSR count). The second kappa shape index (κ2) is 7.57. The van der Waals surface area contributed by atoms with E-state index in [1.54, 1.807) is 7.05 Å². The highest BCUT2D eigenvalue weighted by Crippen LogP contribution is 2.34. The van der Waals surface area contributed by atoms with E-state index >= 15 is 0 Å². The molecule has 5 nitrogen and oxygen atoms in total. The minimum Gasteiger partial charge on any atom is -0.320 e. The van der Waals surface area contributed by atoms with Gasteiger partial charge in [0, 0.05) is 19.6 Å².